The van der Waals surface area contributed by atoms with Crippen molar-refractivity contribution < 1.29 is 9.47 Å². The lowest BCUT2D eigenvalue weighted by Crippen LogP contribution is -2.21. The molecule has 1 aromatic carbocycles. The van der Waals surface area contributed by atoms with Gasteiger partial charge >= 0.3 is 0 Å². The highest BCUT2D eigenvalue weighted by Crippen LogP contribution is 2.21. The Balaban J connectivity index is 2.77. The molecule has 0 N–H and O–H groups in total. The van der Waals surface area contributed by atoms with E-state index in [-0.39, 0.29) is 6.23 Å². The van der Waals surface area contributed by atoms with Crippen molar-refractivity contribution in [2.24, 2.45) is 0 Å². The van der Waals surface area contributed by atoms with Crippen LogP contribution in [0.1, 0.15) is 18.7 Å². The second-order valence-electron chi connectivity index (χ2n) is 3.55. The first-order valence-electron chi connectivity index (χ1n) is 5.11. The van der Waals surface area contributed by atoms with Gasteiger partial charge in [-0.1, -0.05) is 12.1 Å². The normalized spacial score (nSPS) is 12.9. The van der Waals surface area contributed by atoms with E-state index < -0.39 is 0 Å². The van der Waals surface area contributed by atoms with E-state index in [1.165, 1.54) is 0 Å². The van der Waals surface area contributed by atoms with Crippen LogP contribution in [-0.4, -0.2) is 32.7 Å². The summed E-state index contributed by atoms with van der Waals surface area (Å²) in [5.41, 5.74) is 1.13. The predicted octanol–water partition coefficient (Wildman–Crippen LogP) is 2.29. The maximum atomic E-state index is 5.38. The molecule has 3 nitrogen and oxygen atoms in total. The average Bonchev–Trinajstić information content (AvgIpc) is 2.21. The number of nitrogens with zero attached hydrogens (tertiary/aromatic N) is 1. The lowest BCUT2D eigenvalue weighted by Gasteiger charge is -2.23. The van der Waals surface area contributed by atoms with Gasteiger partial charge in [-0.25, -0.2) is 0 Å². The number of hydrogen-bond donors (Lipinski definition) is 0. The molecule has 15 heavy (non-hydrogen) atoms. The third kappa shape index (κ3) is 3.22. The molecule has 0 saturated carbocycles. The molecular weight excluding hydrogens is 190 g/mol. The first-order valence-corrected chi connectivity index (χ1v) is 5.11. The summed E-state index contributed by atoms with van der Waals surface area (Å²) in [6, 6.07) is 7.99. The number of ether oxygens (including phenoxy) is 2. The van der Waals surface area contributed by atoms with Crippen molar-refractivity contribution in [3.8, 4) is 5.75 Å². The van der Waals surface area contributed by atoms with Crippen molar-refractivity contribution in [1.29, 1.82) is 0 Å². The second-order valence-corrected chi connectivity index (χ2v) is 3.55. The minimum Gasteiger partial charge on any atom is -0.494 e. The van der Waals surface area contributed by atoms with Gasteiger partial charge in [-0.05, 0) is 38.7 Å². The molecular formula is C12H19NO2. The van der Waals surface area contributed by atoms with Gasteiger partial charge in [0.05, 0.1) is 6.61 Å². The molecule has 0 aliphatic rings. The minimum absolute atomic E-state index is 0.000626. The van der Waals surface area contributed by atoms with Gasteiger partial charge in [0.2, 0.25) is 0 Å². The van der Waals surface area contributed by atoms with E-state index in [1.807, 2.05) is 50.2 Å². The molecule has 1 rings (SSSR count). The maximum absolute atomic E-state index is 5.38. The Morgan fingerprint density at radius 1 is 1.20 bits per heavy atom. The van der Waals surface area contributed by atoms with Crippen molar-refractivity contribution in [2.45, 2.75) is 13.2 Å². The SMILES string of the molecule is CCOc1ccc(C(OC)N(C)C)cc1. The average molecular weight is 209 g/mol. The fraction of sp³-hybridized carbons (Fsp3) is 0.500. The number of benzene rings is 1. The summed E-state index contributed by atoms with van der Waals surface area (Å²) in [5, 5.41) is 0. The highest BCUT2D eigenvalue weighted by molar-refractivity contribution is 5.28. The molecule has 0 radical (unpaired) electrons. The Morgan fingerprint density at radius 2 is 1.80 bits per heavy atom. The van der Waals surface area contributed by atoms with E-state index in [2.05, 4.69) is 0 Å². The molecule has 1 aromatic rings. The van der Waals surface area contributed by atoms with Gasteiger partial charge in [-0.3, -0.25) is 4.90 Å². The van der Waals surface area contributed by atoms with Crippen molar-refractivity contribution in [2.75, 3.05) is 27.8 Å². The summed E-state index contributed by atoms with van der Waals surface area (Å²) in [6.45, 7) is 2.67. The molecule has 0 fully saturated rings. The van der Waals surface area contributed by atoms with Crippen LogP contribution < -0.4 is 4.74 Å². The van der Waals surface area contributed by atoms with Gasteiger partial charge < -0.3 is 9.47 Å². The lowest BCUT2D eigenvalue weighted by molar-refractivity contribution is -0.00543. The van der Waals surface area contributed by atoms with E-state index in [0.717, 1.165) is 11.3 Å². The van der Waals surface area contributed by atoms with Crippen molar-refractivity contribution in [1.82, 2.24) is 4.90 Å². The smallest absolute Gasteiger partial charge is 0.135 e. The zero-order valence-electron chi connectivity index (χ0n) is 9.86. The lowest BCUT2D eigenvalue weighted by atomic mass is 10.2. The molecule has 0 amide bonds. The monoisotopic (exact) mass is 209 g/mol. The van der Waals surface area contributed by atoms with Gasteiger partial charge in [0.15, 0.2) is 0 Å². The van der Waals surface area contributed by atoms with Gasteiger partial charge in [0.1, 0.15) is 12.0 Å². The number of hydrogen-bond acceptors (Lipinski definition) is 3. The van der Waals surface area contributed by atoms with Crippen LogP contribution in [0.5, 0.6) is 5.75 Å². The summed E-state index contributed by atoms with van der Waals surface area (Å²) in [5.74, 6) is 0.898. The maximum Gasteiger partial charge on any atom is 0.135 e. The molecule has 0 heterocycles. The fourth-order valence-corrected chi connectivity index (χ4v) is 1.54. The first kappa shape index (κ1) is 12.0. The molecule has 0 bridgehead atoms. The van der Waals surface area contributed by atoms with E-state index >= 15 is 0 Å². The summed E-state index contributed by atoms with van der Waals surface area (Å²) < 4.78 is 10.8. The summed E-state index contributed by atoms with van der Waals surface area (Å²) >= 11 is 0. The van der Waals surface area contributed by atoms with Gasteiger partial charge in [-0.2, -0.15) is 0 Å². The molecule has 0 aliphatic heterocycles. The Hall–Kier alpha value is -1.06. The summed E-state index contributed by atoms with van der Waals surface area (Å²) in [6.07, 6.45) is 0.000626. The first-order chi connectivity index (χ1) is 7.19. The highest BCUT2D eigenvalue weighted by Gasteiger charge is 2.12. The largest absolute Gasteiger partial charge is 0.494 e. The summed E-state index contributed by atoms with van der Waals surface area (Å²) in [4.78, 5) is 2.02. The topological polar surface area (TPSA) is 21.7 Å². The van der Waals surface area contributed by atoms with Crippen LogP contribution in [0.4, 0.5) is 0 Å². The number of methoxy groups -OCH3 is 1. The Morgan fingerprint density at radius 3 is 2.20 bits per heavy atom. The fourth-order valence-electron chi connectivity index (χ4n) is 1.54. The van der Waals surface area contributed by atoms with Crippen LogP contribution in [0.15, 0.2) is 24.3 Å². The van der Waals surface area contributed by atoms with Gasteiger partial charge in [0.25, 0.3) is 0 Å². The molecule has 1 unspecified atom stereocenters. The van der Waals surface area contributed by atoms with Crippen LogP contribution >= 0.6 is 0 Å². The molecule has 0 aromatic heterocycles. The van der Waals surface area contributed by atoms with Crippen LogP contribution in [-0.2, 0) is 4.74 Å². The van der Waals surface area contributed by atoms with E-state index in [0.29, 0.717) is 6.61 Å². The quantitative estimate of drug-likeness (QED) is 0.694. The molecule has 0 saturated heterocycles. The molecule has 0 spiro atoms. The van der Waals surface area contributed by atoms with Gasteiger partial charge in [0, 0.05) is 7.11 Å². The van der Waals surface area contributed by atoms with Crippen molar-refractivity contribution in [3.05, 3.63) is 29.8 Å². The van der Waals surface area contributed by atoms with Crippen LogP contribution in [0.3, 0.4) is 0 Å². The van der Waals surface area contributed by atoms with Crippen LogP contribution in [0.2, 0.25) is 0 Å². The van der Waals surface area contributed by atoms with E-state index in [1.54, 1.807) is 7.11 Å². The number of rotatable bonds is 5. The summed E-state index contributed by atoms with van der Waals surface area (Å²) in [7, 11) is 5.69. The minimum atomic E-state index is 0.000626. The molecule has 3 heteroatoms. The zero-order valence-corrected chi connectivity index (χ0v) is 9.86. The Kier molecular flexibility index (Phi) is 4.59. The molecule has 1 atom stereocenters. The Bertz CT molecular complexity index is 282. The van der Waals surface area contributed by atoms with Crippen LogP contribution in [0, 0.1) is 0 Å². The Labute approximate surface area is 91.6 Å². The standard InChI is InChI=1S/C12H19NO2/c1-5-15-11-8-6-10(7-9-11)12(14-4)13(2)3/h6-9,12H,5H2,1-4H3. The molecule has 0 aliphatic carbocycles. The van der Waals surface area contributed by atoms with Crippen molar-refractivity contribution >= 4 is 0 Å². The van der Waals surface area contributed by atoms with E-state index in [9.17, 15) is 0 Å². The third-order valence-electron chi connectivity index (χ3n) is 2.17. The predicted molar refractivity (Wildman–Crippen MR) is 61.0 cm³/mol. The van der Waals surface area contributed by atoms with E-state index in [4.69, 9.17) is 9.47 Å². The van der Waals surface area contributed by atoms with Gasteiger partial charge in [-0.15, -0.1) is 0 Å². The molecule has 84 valence electrons. The van der Waals surface area contributed by atoms with Crippen LogP contribution in [0.25, 0.3) is 0 Å². The zero-order chi connectivity index (χ0) is 11.3. The highest BCUT2D eigenvalue weighted by atomic mass is 16.5. The second kappa shape index (κ2) is 5.73. The van der Waals surface area contributed by atoms with Crippen molar-refractivity contribution in [3.63, 3.8) is 0 Å². The third-order valence-corrected chi connectivity index (χ3v) is 2.17.